The van der Waals surface area contributed by atoms with Crippen molar-refractivity contribution < 1.29 is 23.1 Å². The van der Waals surface area contributed by atoms with Crippen LogP contribution in [-0.4, -0.2) is 33.6 Å². The fourth-order valence-corrected chi connectivity index (χ4v) is 4.45. The van der Waals surface area contributed by atoms with Gasteiger partial charge in [0.2, 0.25) is 0 Å². The van der Waals surface area contributed by atoms with Gasteiger partial charge in [0.1, 0.15) is 0 Å². The SMILES string of the molecule is CCC(C)(C)[C@@H]1CCC2=NN(C(=O)c3ccc(C)c(Cl)c3)[C@@](O)(C(F)(F)F)[C@H]2C1. The van der Waals surface area contributed by atoms with Gasteiger partial charge in [-0.1, -0.05) is 44.9 Å². The molecule has 3 rings (SSSR count). The van der Waals surface area contributed by atoms with E-state index in [0.717, 1.165) is 6.42 Å². The Morgan fingerprint density at radius 3 is 2.59 bits per heavy atom. The Bertz CT molecular complexity index is 853. The zero-order valence-electron chi connectivity index (χ0n) is 17.0. The number of benzene rings is 1. The summed E-state index contributed by atoms with van der Waals surface area (Å²) < 4.78 is 42.4. The highest BCUT2D eigenvalue weighted by Crippen LogP contribution is 2.52. The van der Waals surface area contributed by atoms with Crippen LogP contribution in [0, 0.1) is 24.2 Å². The van der Waals surface area contributed by atoms with Crippen molar-refractivity contribution >= 4 is 23.2 Å². The maximum Gasteiger partial charge on any atom is 0.439 e. The Morgan fingerprint density at radius 2 is 2.03 bits per heavy atom. The molecule has 2 aliphatic rings. The molecular weight excluding hydrogens is 405 g/mol. The van der Waals surface area contributed by atoms with Gasteiger partial charge in [0.15, 0.2) is 0 Å². The summed E-state index contributed by atoms with van der Waals surface area (Å²) in [6.07, 6.45) is -3.09. The highest BCUT2D eigenvalue weighted by molar-refractivity contribution is 6.31. The molecule has 0 bridgehead atoms. The van der Waals surface area contributed by atoms with E-state index in [1.165, 1.54) is 12.1 Å². The topological polar surface area (TPSA) is 52.9 Å². The van der Waals surface area contributed by atoms with Gasteiger partial charge in [-0.15, -0.1) is 0 Å². The molecule has 0 spiro atoms. The Hall–Kier alpha value is -1.60. The van der Waals surface area contributed by atoms with Gasteiger partial charge >= 0.3 is 6.18 Å². The van der Waals surface area contributed by atoms with E-state index in [0.29, 0.717) is 18.4 Å². The number of carbonyl (C=O) groups is 1. The molecule has 4 nitrogen and oxygen atoms in total. The Balaban J connectivity index is 2.01. The van der Waals surface area contributed by atoms with Crippen LogP contribution in [0.15, 0.2) is 23.3 Å². The first kappa shape index (κ1) is 22.1. The molecule has 1 amide bonds. The van der Waals surface area contributed by atoms with E-state index >= 15 is 0 Å². The second kappa shape index (κ2) is 7.27. The molecule has 1 N–H and O–H groups in total. The predicted molar refractivity (Wildman–Crippen MR) is 106 cm³/mol. The van der Waals surface area contributed by atoms with Crippen LogP contribution in [-0.2, 0) is 0 Å². The largest absolute Gasteiger partial charge is 0.439 e. The van der Waals surface area contributed by atoms with Gasteiger partial charge in [0.25, 0.3) is 11.6 Å². The fraction of sp³-hybridized carbons (Fsp3) is 0.619. The zero-order valence-corrected chi connectivity index (χ0v) is 17.7. The van der Waals surface area contributed by atoms with Crippen LogP contribution < -0.4 is 0 Å². The van der Waals surface area contributed by atoms with Crippen molar-refractivity contribution in [1.82, 2.24) is 5.01 Å². The highest BCUT2D eigenvalue weighted by Gasteiger charge is 2.69. The van der Waals surface area contributed by atoms with E-state index in [-0.39, 0.29) is 39.1 Å². The summed E-state index contributed by atoms with van der Waals surface area (Å²) in [5.74, 6) is -2.29. The van der Waals surface area contributed by atoms with Crippen LogP contribution in [0.2, 0.25) is 5.02 Å². The molecule has 1 aromatic rings. The number of halogens is 4. The van der Waals surface area contributed by atoms with Gasteiger partial charge in [-0.05, 0) is 55.2 Å². The summed E-state index contributed by atoms with van der Waals surface area (Å²) >= 11 is 6.04. The van der Waals surface area contributed by atoms with E-state index in [4.69, 9.17) is 11.6 Å². The molecule has 1 fully saturated rings. The molecule has 3 atom stereocenters. The molecule has 1 aromatic carbocycles. The number of aryl methyl sites for hydroxylation is 1. The summed E-state index contributed by atoms with van der Waals surface area (Å²) in [5, 5.41) is 15.4. The quantitative estimate of drug-likeness (QED) is 0.682. The minimum absolute atomic E-state index is 0.00537. The Kier molecular flexibility index (Phi) is 5.54. The van der Waals surface area contributed by atoms with Crippen molar-refractivity contribution in [3.05, 3.63) is 34.3 Å². The van der Waals surface area contributed by atoms with Gasteiger partial charge in [-0.3, -0.25) is 4.79 Å². The molecule has 1 aliphatic heterocycles. The van der Waals surface area contributed by atoms with Crippen molar-refractivity contribution in [2.75, 3.05) is 0 Å². The summed E-state index contributed by atoms with van der Waals surface area (Å²) in [4.78, 5) is 13.0. The number of fused-ring (bicyclic) bond motifs is 1. The predicted octanol–water partition coefficient (Wildman–Crippen LogP) is 5.56. The molecule has 8 heteroatoms. The van der Waals surface area contributed by atoms with E-state index < -0.39 is 23.7 Å². The van der Waals surface area contributed by atoms with E-state index in [2.05, 4.69) is 5.10 Å². The lowest BCUT2D eigenvalue weighted by molar-refractivity contribution is -0.314. The molecule has 29 heavy (non-hydrogen) atoms. The van der Waals surface area contributed by atoms with Crippen molar-refractivity contribution in [3.8, 4) is 0 Å². The molecule has 1 heterocycles. The fourth-order valence-electron chi connectivity index (χ4n) is 4.27. The molecule has 0 aromatic heterocycles. The average molecular weight is 431 g/mol. The van der Waals surface area contributed by atoms with Crippen LogP contribution >= 0.6 is 11.6 Å². The van der Waals surface area contributed by atoms with Gasteiger partial charge in [0.05, 0.1) is 5.92 Å². The second-order valence-electron chi connectivity index (χ2n) is 8.76. The molecular formula is C21H26ClF3N2O2. The van der Waals surface area contributed by atoms with Crippen molar-refractivity contribution in [2.24, 2.45) is 22.4 Å². The van der Waals surface area contributed by atoms with Gasteiger partial charge in [0, 0.05) is 16.3 Å². The van der Waals surface area contributed by atoms with Crippen LogP contribution in [0.25, 0.3) is 0 Å². The minimum atomic E-state index is -5.05. The molecule has 0 radical (unpaired) electrons. The number of rotatable bonds is 3. The Morgan fingerprint density at radius 1 is 1.38 bits per heavy atom. The van der Waals surface area contributed by atoms with E-state index in [1.807, 2.05) is 20.8 Å². The van der Waals surface area contributed by atoms with E-state index in [1.54, 1.807) is 13.0 Å². The number of amides is 1. The van der Waals surface area contributed by atoms with Gasteiger partial charge < -0.3 is 5.11 Å². The number of carbonyl (C=O) groups excluding carboxylic acids is 1. The van der Waals surface area contributed by atoms with E-state index in [9.17, 15) is 23.1 Å². The molecule has 0 saturated heterocycles. The van der Waals surface area contributed by atoms with Crippen molar-refractivity contribution in [2.45, 2.75) is 65.3 Å². The van der Waals surface area contributed by atoms with Crippen molar-refractivity contribution in [3.63, 3.8) is 0 Å². The Labute approximate surface area is 173 Å². The molecule has 160 valence electrons. The van der Waals surface area contributed by atoms with Gasteiger partial charge in [-0.2, -0.15) is 23.3 Å². The van der Waals surface area contributed by atoms with Crippen molar-refractivity contribution in [1.29, 1.82) is 0 Å². The third kappa shape index (κ3) is 3.56. The van der Waals surface area contributed by atoms with Crippen LogP contribution in [0.4, 0.5) is 13.2 Å². The summed E-state index contributed by atoms with van der Waals surface area (Å²) in [6, 6.07) is 4.25. The highest BCUT2D eigenvalue weighted by atomic mass is 35.5. The normalized spacial score (nSPS) is 27.6. The number of aliphatic hydroxyl groups is 1. The molecule has 0 unspecified atom stereocenters. The zero-order chi connectivity index (χ0) is 21.8. The standard InChI is InChI=1S/C21H26ClF3N2O2/c1-5-19(3,4)14-8-9-17-15(11-14)20(29,21(23,24)25)27(26-17)18(28)13-7-6-12(2)16(22)10-13/h6-7,10,14-15,29H,5,8-9,11H2,1-4H3/t14-,15+,20+/m1/s1. The first-order chi connectivity index (χ1) is 13.3. The smallest absolute Gasteiger partial charge is 0.362 e. The monoisotopic (exact) mass is 430 g/mol. The number of alkyl halides is 3. The summed E-state index contributed by atoms with van der Waals surface area (Å²) in [7, 11) is 0. The first-order valence-corrected chi connectivity index (χ1v) is 10.2. The lowest BCUT2D eigenvalue weighted by atomic mass is 9.64. The lowest BCUT2D eigenvalue weighted by Gasteiger charge is -2.43. The molecule has 1 saturated carbocycles. The second-order valence-corrected chi connectivity index (χ2v) is 9.17. The maximum absolute atomic E-state index is 14.1. The summed E-state index contributed by atoms with van der Waals surface area (Å²) in [5.41, 5.74) is -2.64. The minimum Gasteiger partial charge on any atom is -0.362 e. The number of hydrogen-bond donors (Lipinski definition) is 1. The summed E-state index contributed by atoms with van der Waals surface area (Å²) in [6.45, 7) is 7.78. The first-order valence-electron chi connectivity index (χ1n) is 9.80. The number of hydrazone groups is 1. The lowest BCUT2D eigenvalue weighted by Crippen LogP contribution is -2.62. The molecule has 1 aliphatic carbocycles. The van der Waals surface area contributed by atoms with Gasteiger partial charge in [-0.25, -0.2) is 0 Å². The van der Waals surface area contributed by atoms with Crippen LogP contribution in [0.1, 0.15) is 62.4 Å². The maximum atomic E-state index is 14.1. The third-order valence-corrected chi connectivity index (χ3v) is 7.16. The van der Waals surface area contributed by atoms with Crippen LogP contribution in [0.3, 0.4) is 0 Å². The number of hydrogen-bond acceptors (Lipinski definition) is 3. The third-order valence-electron chi connectivity index (χ3n) is 6.75. The number of nitrogens with zero attached hydrogens (tertiary/aromatic N) is 2. The average Bonchev–Trinajstić information content (AvgIpc) is 2.97. The van der Waals surface area contributed by atoms with Crippen LogP contribution in [0.5, 0.6) is 0 Å².